The highest BCUT2D eigenvalue weighted by Gasteiger charge is 2.40. The fourth-order valence-electron chi connectivity index (χ4n) is 4.72. The van der Waals surface area contributed by atoms with Crippen LogP contribution in [0.3, 0.4) is 0 Å². The molecule has 0 radical (unpaired) electrons. The van der Waals surface area contributed by atoms with Gasteiger partial charge in [-0.1, -0.05) is 29.4 Å². The summed E-state index contributed by atoms with van der Waals surface area (Å²) in [6, 6.07) is 15.0. The van der Waals surface area contributed by atoms with Gasteiger partial charge in [-0.3, -0.25) is 9.69 Å². The van der Waals surface area contributed by atoms with E-state index in [-0.39, 0.29) is 30.0 Å². The molecule has 144 valence electrons. The predicted molar refractivity (Wildman–Crippen MR) is 103 cm³/mol. The molecule has 3 aromatic rings. The maximum atomic E-state index is 12.4. The predicted octanol–water partition coefficient (Wildman–Crippen LogP) is 2.05. The molecule has 1 fully saturated rings. The number of hydrogen-bond acceptors (Lipinski definition) is 6. The number of nitrogens with zero attached hydrogens (tertiary/aromatic N) is 4. The van der Waals surface area contributed by atoms with Crippen molar-refractivity contribution in [2.24, 2.45) is 5.92 Å². The Balaban J connectivity index is 1.38. The average molecular weight is 378 g/mol. The monoisotopic (exact) mass is 378 g/mol. The van der Waals surface area contributed by atoms with Gasteiger partial charge in [0, 0.05) is 36.3 Å². The first-order valence-corrected chi connectivity index (χ1v) is 9.65. The van der Waals surface area contributed by atoms with E-state index in [0.29, 0.717) is 18.3 Å². The summed E-state index contributed by atoms with van der Waals surface area (Å²) in [6.45, 7) is 2.21. The van der Waals surface area contributed by atoms with Gasteiger partial charge in [-0.25, -0.2) is 0 Å². The van der Waals surface area contributed by atoms with E-state index in [1.54, 1.807) is 10.6 Å². The van der Waals surface area contributed by atoms with Gasteiger partial charge in [-0.15, -0.1) is 0 Å². The highest BCUT2D eigenvalue weighted by atomic mass is 16.5. The molecule has 2 aliphatic heterocycles. The van der Waals surface area contributed by atoms with Crippen molar-refractivity contribution in [3.05, 3.63) is 70.4 Å². The molecule has 0 amide bonds. The lowest BCUT2D eigenvalue weighted by molar-refractivity contribution is 0.0565. The molecule has 0 spiro atoms. The van der Waals surface area contributed by atoms with E-state index in [1.165, 1.54) is 0 Å². The molecule has 3 atom stereocenters. The molecule has 2 aromatic heterocycles. The Bertz CT molecular complexity index is 1030. The minimum atomic E-state index is -0.173. The molecule has 1 aromatic carbocycles. The summed E-state index contributed by atoms with van der Waals surface area (Å²) in [5.74, 6) is 1.69. The summed E-state index contributed by atoms with van der Waals surface area (Å²) >= 11 is 0. The van der Waals surface area contributed by atoms with Crippen molar-refractivity contribution in [3.8, 4) is 11.5 Å². The van der Waals surface area contributed by atoms with Crippen LogP contribution in [0.25, 0.3) is 11.5 Å². The second-order valence-electron chi connectivity index (χ2n) is 7.68. The van der Waals surface area contributed by atoms with Gasteiger partial charge in [0.25, 0.3) is 11.4 Å². The molecule has 0 saturated carbocycles. The number of fused-ring (bicyclic) bond motifs is 4. The van der Waals surface area contributed by atoms with E-state index in [4.69, 9.17) is 4.52 Å². The van der Waals surface area contributed by atoms with Crippen molar-refractivity contribution in [2.75, 3.05) is 19.7 Å². The number of hydrogen-bond donors (Lipinski definition) is 1. The summed E-state index contributed by atoms with van der Waals surface area (Å²) in [7, 11) is 0. The van der Waals surface area contributed by atoms with E-state index >= 15 is 0 Å². The Hall–Kier alpha value is -2.77. The number of aliphatic hydroxyl groups excluding tert-OH is 1. The lowest BCUT2D eigenvalue weighted by Crippen LogP contribution is -2.50. The Morgan fingerprint density at radius 1 is 1.11 bits per heavy atom. The summed E-state index contributed by atoms with van der Waals surface area (Å²) in [4.78, 5) is 19.2. The third kappa shape index (κ3) is 2.96. The van der Waals surface area contributed by atoms with Crippen LogP contribution in [0.5, 0.6) is 0 Å². The molecule has 1 N–H and O–H groups in total. The maximum Gasteiger partial charge on any atom is 0.257 e. The average Bonchev–Trinajstić information content (AvgIpc) is 3.18. The van der Waals surface area contributed by atoms with E-state index in [1.807, 2.05) is 42.5 Å². The van der Waals surface area contributed by atoms with Crippen LogP contribution in [0.4, 0.5) is 0 Å². The minimum absolute atomic E-state index is 0.0228. The summed E-state index contributed by atoms with van der Waals surface area (Å²) in [5.41, 5.74) is 1.90. The van der Waals surface area contributed by atoms with Gasteiger partial charge in [-0.05, 0) is 30.5 Å². The molecule has 28 heavy (non-hydrogen) atoms. The first-order chi connectivity index (χ1) is 13.7. The number of rotatable bonds is 4. The highest BCUT2D eigenvalue weighted by molar-refractivity contribution is 5.51. The molecule has 2 aliphatic rings. The van der Waals surface area contributed by atoms with Crippen LogP contribution in [-0.2, 0) is 6.54 Å². The summed E-state index contributed by atoms with van der Waals surface area (Å²) in [5, 5.41) is 14.1. The first kappa shape index (κ1) is 17.3. The van der Waals surface area contributed by atoms with E-state index in [0.717, 1.165) is 30.8 Å². The van der Waals surface area contributed by atoms with Crippen molar-refractivity contribution >= 4 is 0 Å². The van der Waals surface area contributed by atoms with Crippen LogP contribution < -0.4 is 5.56 Å². The van der Waals surface area contributed by atoms with Crippen LogP contribution >= 0.6 is 0 Å². The molecular formula is C21H22N4O3. The van der Waals surface area contributed by atoms with Crippen molar-refractivity contribution in [3.63, 3.8) is 0 Å². The largest absolute Gasteiger partial charge is 0.394 e. The van der Waals surface area contributed by atoms with Gasteiger partial charge in [0.05, 0.1) is 19.2 Å². The second kappa shape index (κ2) is 7.00. The Kier molecular flexibility index (Phi) is 4.33. The number of likely N-dealkylation sites (tertiary alicyclic amines) is 1. The smallest absolute Gasteiger partial charge is 0.257 e. The number of pyridine rings is 1. The normalized spacial score (nSPS) is 24.1. The van der Waals surface area contributed by atoms with Crippen LogP contribution in [0.15, 0.2) is 57.8 Å². The Morgan fingerprint density at radius 2 is 1.96 bits per heavy atom. The second-order valence-corrected chi connectivity index (χ2v) is 7.68. The molecule has 7 heteroatoms. The Labute approximate surface area is 162 Å². The third-order valence-corrected chi connectivity index (χ3v) is 5.91. The lowest BCUT2D eigenvalue weighted by atomic mass is 9.78. The fourth-order valence-corrected chi connectivity index (χ4v) is 4.72. The number of aliphatic hydroxyl groups is 1. The molecule has 5 rings (SSSR count). The molecule has 0 unspecified atom stereocenters. The van der Waals surface area contributed by atoms with Crippen LogP contribution in [0.1, 0.15) is 29.9 Å². The van der Waals surface area contributed by atoms with Gasteiger partial charge in [0.1, 0.15) is 0 Å². The van der Waals surface area contributed by atoms with Gasteiger partial charge >= 0.3 is 0 Å². The number of aromatic nitrogens is 3. The van der Waals surface area contributed by atoms with Crippen LogP contribution in [-0.4, -0.2) is 44.4 Å². The Morgan fingerprint density at radius 3 is 2.79 bits per heavy atom. The fraction of sp³-hybridized carbons (Fsp3) is 0.381. The van der Waals surface area contributed by atoms with Gasteiger partial charge in [0.15, 0.2) is 5.82 Å². The summed E-state index contributed by atoms with van der Waals surface area (Å²) in [6.07, 6.45) is 0.993. The van der Waals surface area contributed by atoms with Gasteiger partial charge in [-0.2, -0.15) is 4.98 Å². The SMILES string of the molecule is O=c1cccc2n1[C@@H](CO)[C@H]1C[C@@H]2CN(Cc2noc(-c3ccccc3)n2)C1. The minimum Gasteiger partial charge on any atom is -0.394 e. The van der Waals surface area contributed by atoms with Crippen molar-refractivity contribution in [1.29, 1.82) is 0 Å². The quantitative estimate of drug-likeness (QED) is 0.748. The molecule has 7 nitrogen and oxygen atoms in total. The van der Waals surface area contributed by atoms with Crippen molar-refractivity contribution in [2.45, 2.75) is 24.9 Å². The highest BCUT2D eigenvalue weighted by Crippen LogP contribution is 2.41. The molecule has 2 bridgehead atoms. The lowest BCUT2D eigenvalue weighted by Gasteiger charge is -2.46. The molecular weight excluding hydrogens is 356 g/mol. The van der Waals surface area contributed by atoms with Gasteiger partial charge in [0.2, 0.25) is 0 Å². The zero-order chi connectivity index (χ0) is 19.1. The van der Waals surface area contributed by atoms with Crippen LogP contribution in [0.2, 0.25) is 0 Å². The first-order valence-electron chi connectivity index (χ1n) is 9.65. The number of benzene rings is 1. The van der Waals surface area contributed by atoms with E-state index in [2.05, 4.69) is 15.0 Å². The van der Waals surface area contributed by atoms with E-state index < -0.39 is 0 Å². The van der Waals surface area contributed by atoms with Crippen molar-refractivity contribution in [1.82, 2.24) is 19.6 Å². The molecule has 4 heterocycles. The maximum absolute atomic E-state index is 12.4. The van der Waals surface area contributed by atoms with Crippen molar-refractivity contribution < 1.29 is 9.63 Å². The van der Waals surface area contributed by atoms with E-state index in [9.17, 15) is 9.90 Å². The standard InChI is InChI=1S/C21H22N4O3/c26-13-18-16-9-15(17-7-4-8-20(27)25(17)18)10-24(11-16)12-19-22-21(28-23-19)14-5-2-1-3-6-14/h1-8,15-16,18,26H,9-13H2/t15-,16+,18+/m1/s1. The number of piperidine rings is 1. The molecule has 1 saturated heterocycles. The molecule has 0 aliphatic carbocycles. The summed E-state index contributed by atoms with van der Waals surface area (Å²) < 4.78 is 7.23. The third-order valence-electron chi connectivity index (χ3n) is 5.91. The zero-order valence-corrected chi connectivity index (χ0v) is 15.4. The zero-order valence-electron chi connectivity index (χ0n) is 15.4. The topological polar surface area (TPSA) is 84.4 Å². The van der Waals surface area contributed by atoms with Crippen LogP contribution in [0, 0.1) is 5.92 Å². The van der Waals surface area contributed by atoms with Gasteiger partial charge < -0.3 is 14.2 Å².